The fraction of sp³-hybridized carbons (Fsp3) is 0.429. The molecule has 2 atom stereocenters. The predicted molar refractivity (Wildman–Crippen MR) is 150 cm³/mol. The number of nitrogens with zero attached hydrogens (tertiary/aromatic N) is 5. The molecule has 0 bridgehead atoms. The molecule has 218 valence electrons. The van der Waals surface area contributed by atoms with Gasteiger partial charge in [0, 0.05) is 49.9 Å². The molecule has 0 radical (unpaired) electrons. The maximum atomic E-state index is 14.7. The van der Waals surface area contributed by atoms with Crippen LogP contribution in [-0.4, -0.2) is 95.7 Å². The Kier molecular flexibility index (Phi) is 9.10. The Morgan fingerprint density at radius 3 is 2.83 bits per heavy atom. The van der Waals surface area contributed by atoms with E-state index in [4.69, 9.17) is 21.3 Å². The lowest BCUT2D eigenvalue weighted by Gasteiger charge is -2.37. The number of aromatic nitrogens is 1. The summed E-state index contributed by atoms with van der Waals surface area (Å²) in [5.41, 5.74) is 1.84. The first kappa shape index (κ1) is 29.3. The number of halogens is 4. The van der Waals surface area contributed by atoms with E-state index in [9.17, 15) is 22.8 Å². The van der Waals surface area contributed by atoms with Gasteiger partial charge in [0.05, 0.1) is 35.5 Å². The van der Waals surface area contributed by atoms with Gasteiger partial charge >= 0.3 is 12.0 Å². The normalized spacial score (nSPS) is 21.7. The summed E-state index contributed by atoms with van der Waals surface area (Å²) < 4.78 is 46.2. The second-order valence-corrected chi connectivity index (χ2v) is 11.2. The average Bonchev–Trinajstić information content (AvgIpc) is 3.56. The lowest BCUT2D eigenvalue weighted by molar-refractivity contribution is -0.138. The van der Waals surface area contributed by atoms with Crippen LogP contribution in [0.1, 0.15) is 30.0 Å². The van der Waals surface area contributed by atoms with E-state index < -0.39 is 30.8 Å². The minimum absolute atomic E-state index is 0.126. The zero-order chi connectivity index (χ0) is 29.1. The summed E-state index contributed by atoms with van der Waals surface area (Å²) in [7, 11) is 0. The molecule has 4 heterocycles. The highest BCUT2D eigenvalue weighted by Crippen LogP contribution is 2.38. The number of ether oxygens (including phenoxy) is 1. The van der Waals surface area contributed by atoms with Gasteiger partial charge in [-0.25, -0.2) is 27.7 Å². The summed E-state index contributed by atoms with van der Waals surface area (Å²) >= 11 is 7.84. The standard InChI is InChI=1S/C28H29ClF3N5O3S/c1-2-40-27(38)23-17(13-35-10-11-37-18(14-35)15-36(28(37)39)16-22(31)32)5-3-8-21(26-33-9-12-41-26)34-25(23)19-6-4-7-20(30)24(19)29/h3-4,6-9,12,18,22,25H,2,5,10-11,13-16H2,1H3/t18-,25-/m0/s1. The first-order chi connectivity index (χ1) is 19.8. The maximum Gasteiger partial charge on any atom is 0.336 e. The van der Waals surface area contributed by atoms with E-state index in [0.717, 1.165) is 0 Å². The number of hydrogen-bond donors (Lipinski definition) is 0. The molecule has 3 aliphatic rings. The van der Waals surface area contributed by atoms with Crippen molar-refractivity contribution in [1.82, 2.24) is 19.7 Å². The topological polar surface area (TPSA) is 78.3 Å². The fourth-order valence-corrected chi connectivity index (χ4v) is 6.33. The second kappa shape index (κ2) is 12.7. The molecule has 0 aliphatic carbocycles. The largest absolute Gasteiger partial charge is 0.463 e. The molecule has 1 aromatic carbocycles. The number of piperazine rings is 1. The van der Waals surface area contributed by atoms with Gasteiger partial charge in [0.15, 0.2) is 0 Å². The average molecular weight is 608 g/mol. The number of allylic oxidation sites excluding steroid dienone is 2. The highest BCUT2D eigenvalue weighted by molar-refractivity contribution is 7.11. The number of fused-ring (bicyclic) bond motifs is 1. The zero-order valence-corrected chi connectivity index (χ0v) is 23.9. The molecule has 2 aromatic rings. The number of aliphatic imine (C=N–C) groups is 1. The number of alkyl halides is 2. The van der Waals surface area contributed by atoms with E-state index in [0.29, 0.717) is 54.5 Å². The smallest absolute Gasteiger partial charge is 0.336 e. The minimum Gasteiger partial charge on any atom is -0.463 e. The van der Waals surface area contributed by atoms with Crippen LogP contribution in [0.4, 0.5) is 18.0 Å². The van der Waals surface area contributed by atoms with Gasteiger partial charge < -0.3 is 14.5 Å². The van der Waals surface area contributed by atoms with Crippen molar-refractivity contribution in [2.24, 2.45) is 4.99 Å². The molecular weight excluding hydrogens is 579 g/mol. The molecule has 3 aliphatic heterocycles. The Labute approximate surface area is 244 Å². The molecule has 5 rings (SSSR count). The van der Waals surface area contributed by atoms with Crippen molar-refractivity contribution in [2.75, 3.05) is 45.9 Å². The van der Waals surface area contributed by atoms with Crippen molar-refractivity contribution < 1.29 is 27.5 Å². The van der Waals surface area contributed by atoms with Crippen molar-refractivity contribution in [3.8, 4) is 0 Å². The van der Waals surface area contributed by atoms with Crippen molar-refractivity contribution in [2.45, 2.75) is 31.9 Å². The van der Waals surface area contributed by atoms with Crippen LogP contribution in [0.25, 0.3) is 0 Å². The third kappa shape index (κ3) is 6.34. The number of urea groups is 1. The highest BCUT2D eigenvalue weighted by atomic mass is 35.5. The molecule has 8 nitrogen and oxygen atoms in total. The number of amides is 2. The van der Waals surface area contributed by atoms with Crippen LogP contribution in [0.15, 0.2) is 58.1 Å². The molecule has 2 fully saturated rings. The zero-order valence-electron chi connectivity index (χ0n) is 22.3. The number of carbonyl (C=O) groups excluding carboxylic acids is 2. The lowest BCUT2D eigenvalue weighted by Crippen LogP contribution is -2.52. The SMILES string of the molecule is CCOC(=O)C1=C(CN2CCN3C(=O)N(CC(F)F)C[C@@H]3C2)CC=CC(c2nccs2)=N[C@H]1c1cccc(F)c1Cl. The van der Waals surface area contributed by atoms with Gasteiger partial charge in [0.1, 0.15) is 16.9 Å². The third-order valence-electron chi connectivity index (χ3n) is 7.27. The fourth-order valence-electron chi connectivity index (χ4n) is 5.49. The quantitative estimate of drug-likeness (QED) is 0.396. The van der Waals surface area contributed by atoms with E-state index in [1.165, 1.54) is 28.4 Å². The summed E-state index contributed by atoms with van der Waals surface area (Å²) in [4.78, 5) is 40.4. The molecular formula is C28H29ClF3N5O3S. The van der Waals surface area contributed by atoms with Gasteiger partial charge in [-0.05, 0) is 31.1 Å². The van der Waals surface area contributed by atoms with E-state index in [-0.39, 0.29) is 35.8 Å². The first-order valence-corrected chi connectivity index (χ1v) is 14.6. The van der Waals surface area contributed by atoms with E-state index >= 15 is 0 Å². The highest BCUT2D eigenvalue weighted by Gasteiger charge is 2.42. The molecule has 0 spiro atoms. The summed E-state index contributed by atoms with van der Waals surface area (Å²) in [6, 6.07) is 2.82. The van der Waals surface area contributed by atoms with Crippen molar-refractivity contribution in [1.29, 1.82) is 0 Å². The van der Waals surface area contributed by atoms with E-state index in [1.54, 1.807) is 24.1 Å². The second-order valence-electron chi connectivity index (χ2n) is 9.90. The van der Waals surface area contributed by atoms with Gasteiger partial charge in [-0.2, -0.15) is 0 Å². The van der Waals surface area contributed by atoms with Crippen LogP contribution in [-0.2, 0) is 9.53 Å². The monoisotopic (exact) mass is 607 g/mol. The Morgan fingerprint density at radius 2 is 2.10 bits per heavy atom. The van der Waals surface area contributed by atoms with Gasteiger partial charge in [-0.3, -0.25) is 9.89 Å². The predicted octanol–water partition coefficient (Wildman–Crippen LogP) is 4.97. The summed E-state index contributed by atoms with van der Waals surface area (Å²) in [6.45, 7) is 3.12. The summed E-state index contributed by atoms with van der Waals surface area (Å²) in [5, 5.41) is 2.32. The Hall–Kier alpha value is -3.22. The summed E-state index contributed by atoms with van der Waals surface area (Å²) in [5.74, 6) is -1.21. The molecule has 0 unspecified atom stereocenters. The van der Waals surface area contributed by atoms with Crippen LogP contribution in [0.2, 0.25) is 5.02 Å². The summed E-state index contributed by atoms with van der Waals surface area (Å²) in [6.07, 6.45) is 3.16. The molecule has 41 heavy (non-hydrogen) atoms. The number of carbonyl (C=O) groups is 2. The van der Waals surface area contributed by atoms with Crippen LogP contribution in [0.5, 0.6) is 0 Å². The molecule has 0 N–H and O–H groups in total. The van der Waals surface area contributed by atoms with Gasteiger partial charge in [-0.1, -0.05) is 29.8 Å². The molecule has 13 heteroatoms. The van der Waals surface area contributed by atoms with Gasteiger partial charge in [0.2, 0.25) is 0 Å². The van der Waals surface area contributed by atoms with Crippen LogP contribution < -0.4 is 0 Å². The number of rotatable bonds is 8. The first-order valence-electron chi connectivity index (χ1n) is 13.3. The van der Waals surface area contributed by atoms with Crippen molar-refractivity contribution in [3.05, 3.63) is 74.5 Å². The Morgan fingerprint density at radius 1 is 1.27 bits per heavy atom. The molecule has 1 aromatic heterocycles. The Balaban J connectivity index is 1.53. The van der Waals surface area contributed by atoms with Crippen molar-refractivity contribution >= 4 is 40.6 Å². The molecule has 2 saturated heterocycles. The van der Waals surface area contributed by atoms with Crippen LogP contribution >= 0.6 is 22.9 Å². The van der Waals surface area contributed by atoms with Gasteiger partial charge in [0.25, 0.3) is 6.43 Å². The number of thiazole rings is 1. The van der Waals surface area contributed by atoms with Crippen LogP contribution in [0.3, 0.4) is 0 Å². The lowest BCUT2D eigenvalue weighted by atomic mass is 9.91. The third-order valence-corrected chi connectivity index (χ3v) is 8.47. The van der Waals surface area contributed by atoms with Crippen molar-refractivity contribution in [3.63, 3.8) is 0 Å². The van der Waals surface area contributed by atoms with Crippen LogP contribution in [0, 0.1) is 5.82 Å². The maximum absolute atomic E-state index is 14.7. The number of esters is 1. The Bertz CT molecular complexity index is 1380. The van der Waals surface area contributed by atoms with E-state index in [2.05, 4.69) is 9.88 Å². The number of hydrogen-bond acceptors (Lipinski definition) is 7. The molecule has 0 saturated carbocycles. The van der Waals surface area contributed by atoms with Gasteiger partial charge in [-0.15, -0.1) is 11.3 Å². The van der Waals surface area contributed by atoms with E-state index in [1.807, 2.05) is 17.5 Å². The number of benzene rings is 1. The molecule has 2 amide bonds. The minimum atomic E-state index is -2.60.